The predicted octanol–water partition coefficient (Wildman–Crippen LogP) is 1.10. The molecule has 0 spiro atoms. The van der Waals surface area contributed by atoms with E-state index in [1.807, 2.05) is 22.7 Å². The molecular weight excluding hydrogens is 327 g/mol. The summed E-state index contributed by atoms with van der Waals surface area (Å²) in [5.41, 5.74) is 6.65. The molecule has 2 saturated heterocycles. The second kappa shape index (κ2) is 8.29. The molecule has 0 radical (unpaired) electrons. The van der Waals surface area contributed by atoms with Crippen molar-refractivity contribution in [2.24, 2.45) is 5.92 Å². The molecule has 2 heterocycles. The highest BCUT2D eigenvalue weighted by Crippen LogP contribution is 2.28. The molecular formula is C17H25FN4OS. The Labute approximate surface area is 146 Å². The minimum Gasteiger partial charge on any atom is -0.340 e. The summed E-state index contributed by atoms with van der Waals surface area (Å²) in [5, 5.41) is 0. The van der Waals surface area contributed by atoms with E-state index in [4.69, 9.17) is 0 Å². The van der Waals surface area contributed by atoms with E-state index < -0.39 is 0 Å². The minimum absolute atomic E-state index is 0.116. The van der Waals surface area contributed by atoms with Gasteiger partial charge in [-0.3, -0.25) is 15.1 Å². The van der Waals surface area contributed by atoms with Crippen molar-refractivity contribution < 1.29 is 9.18 Å². The number of hydrogen-bond donors (Lipinski definition) is 2. The number of hydrogen-bond acceptors (Lipinski definition) is 5. The van der Waals surface area contributed by atoms with E-state index in [1.165, 1.54) is 6.07 Å². The number of carbonyl (C=O) groups excluding carboxylic acids is 1. The van der Waals surface area contributed by atoms with Crippen molar-refractivity contribution in [1.29, 1.82) is 0 Å². The number of amides is 1. The number of thioether (sulfide) groups is 1. The average molecular weight is 352 g/mol. The number of nitrogens with zero attached hydrogens (tertiary/aromatic N) is 2. The quantitative estimate of drug-likeness (QED) is 0.831. The van der Waals surface area contributed by atoms with Crippen LogP contribution in [-0.2, 0) is 4.79 Å². The standard InChI is InChI=1S/C17H25FN4OS/c1-24-11-10-21-6-8-22(9-7-21)17(23)14-12-19-20-16(14)13-4-2-3-5-15(13)18/h2-5,14,16,19-20H,6-12H2,1H3. The van der Waals surface area contributed by atoms with Crippen LogP contribution in [0.15, 0.2) is 24.3 Å². The van der Waals surface area contributed by atoms with Gasteiger partial charge in [0.15, 0.2) is 0 Å². The van der Waals surface area contributed by atoms with Gasteiger partial charge in [0.2, 0.25) is 5.91 Å². The second-order valence-electron chi connectivity index (χ2n) is 6.29. The highest BCUT2D eigenvalue weighted by molar-refractivity contribution is 7.98. The van der Waals surface area contributed by atoms with Gasteiger partial charge in [0.25, 0.3) is 0 Å². The Bertz CT molecular complexity index is 565. The molecule has 2 aliphatic heterocycles. The zero-order chi connectivity index (χ0) is 16.9. The minimum atomic E-state index is -0.312. The van der Waals surface area contributed by atoms with Crippen LogP contribution in [0.2, 0.25) is 0 Å². The van der Waals surface area contributed by atoms with Gasteiger partial charge in [-0.2, -0.15) is 11.8 Å². The number of rotatable bonds is 5. The first-order valence-corrected chi connectivity index (χ1v) is 9.83. The molecule has 0 aromatic heterocycles. The van der Waals surface area contributed by atoms with Crippen molar-refractivity contribution >= 4 is 17.7 Å². The fraction of sp³-hybridized carbons (Fsp3) is 0.588. The third-order valence-corrected chi connectivity index (χ3v) is 5.43. The van der Waals surface area contributed by atoms with Crippen molar-refractivity contribution in [1.82, 2.24) is 20.7 Å². The molecule has 2 N–H and O–H groups in total. The highest BCUT2D eigenvalue weighted by atomic mass is 32.2. The van der Waals surface area contributed by atoms with Gasteiger partial charge in [0.05, 0.1) is 12.0 Å². The van der Waals surface area contributed by atoms with Crippen molar-refractivity contribution in [3.05, 3.63) is 35.6 Å². The van der Waals surface area contributed by atoms with Crippen LogP contribution in [0.5, 0.6) is 0 Å². The van der Waals surface area contributed by atoms with Gasteiger partial charge in [-0.15, -0.1) is 0 Å². The maximum atomic E-state index is 14.1. The monoisotopic (exact) mass is 352 g/mol. The number of benzene rings is 1. The molecule has 132 valence electrons. The first-order valence-electron chi connectivity index (χ1n) is 8.43. The van der Waals surface area contributed by atoms with Gasteiger partial charge in [-0.05, 0) is 12.3 Å². The molecule has 0 bridgehead atoms. The lowest BCUT2D eigenvalue weighted by atomic mass is 9.93. The highest BCUT2D eigenvalue weighted by Gasteiger charge is 2.38. The molecule has 1 amide bonds. The lowest BCUT2D eigenvalue weighted by molar-refractivity contribution is -0.137. The summed E-state index contributed by atoms with van der Waals surface area (Å²) in [4.78, 5) is 17.3. The first kappa shape index (κ1) is 17.7. The Kier molecular flexibility index (Phi) is 6.10. The molecule has 24 heavy (non-hydrogen) atoms. The topological polar surface area (TPSA) is 47.6 Å². The Morgan fingerprint density at radius 3 is 2.75 bits per heavy atom. The van der Waals surface area contributed by atoms with Crippen molar-refractivity contribution in [2.45, 2.75) is 6.04 Å². The lowest BCUT2D eigenvalue weighted by Crippen LogP contribution is -2.51. The van der Waals surface area contributed by atoms with E-state index in [-0.39, 0.29) is 23.7 Å². The number of nitrogens with one attached hydrogen (secondary N) is 2. The summed E-state index contributed by atoms with van der Waals surface area (Å²) in [6.45, 7) is 4.97. The fourth-order valence-electron chi connectivity index (χ4n) is 3.40. The molecule has 7 heteroatoms. The zero-order valence-electron chi connectivity index (χ0n) is 14.0. The van der Waals surface area contributed by atoms with E-state index >= 15 is 0 Å². The molecule has 2 atom stereocenters. The van der Waals surface area contributed by atoms with Gasteiger partial charge in [0, 0.05) is 50.6 Å². The summed E-state index contributed by atoms with van der Waals surface area (Å²) in [6.07, 6.45) is 2.11. The second-order valence-corrected chi connectivity index (χ2v) is 7.28. The molecule has 2 unspecified atom stereocenters. The molecule has 0 aliphatic carbocycles. The van der Waals surface area contributed by atoms with Gasteiger partial charge >= 0.3 is 0 Å². The van der Waals surface area contributed by atoms with Crippen LogP contribution in [0, 0.1) is 11.7 Å². The number of halogens is 1. The molecule has 1 aromatic carbocycles. The van der Waals surface area contributed by atoms with E-state index in [0.29, 0.717) is 12.1 Å². The van der Waals surface area contributed by atoms with Crippen LogP contribution in [0.25, 0.3) is 0 Å². The van der Waals surface area contributed by atoms with E-state index in [9.17, 15) is 9.18 Å². The number of carbonyl (C=O) groups is 1. The van der Waals surface area contributed by atoms with E-state index in [2.05, 4.69) is 22.0 Å². The normalized spacial score (nSPS) is 25.2. The Balaban J connectivity index is 1.61. The summed E-state index contributed by atoms with van der Waals surface area (Å²) >= 11 is 1.85. The van der Waals surface area contributed by atoms with Crippen LogP contribution in [-0.4, -0.2) is 67.0 Å². The molecule has 2 fully saturated rings. The van der Waals surface area contributed by atoms with Crippen molar-refractivity contribution in [2.75, 3.05) is 51.3 Å². The zero-order valence-corrected chi connectivity index (χ0v) is 14.8. The third kappa shape index (κ3) is 3.91. The number of hydrazine groups is 1. The number of piperazine rings is 1. The fourth-order valence-corrected chi connectivity index (χ4v) is 3.84. The molecule has 0 saturated carbocycles. The summed E-state index contributed by atoms with van der Waals surface area (Å²) in [6, 6.07) is 6.37. The predicted molar refractivity (Wildman–Crippen MR) is 95.2 cm³/mol. The van der Waals surface area contributed by atoms with Crippen LogP contribution < -0.4 is 10.9 Å². The SMILES string of the molecule is CSCCN1CCN(C(=O)C2CNNC2c2ccccc2F)CC1. The van der Waals surface area contributed by atoms with E-state index in [0.717, 1.165) is 38.5 Å². The maximum absolute atomic E-state index is 14.1. The molecule has 1 aromatic rings. The molecule has 5 nitrogen and oxygen atoms in total. The van der Waals surface area contributed by atoms with Crippen LogP contribution in [0.1, 0.15) is 11.6 Å². The molecule has 2 aliphatic rings. The summed E-state index contributed by atoms with van der Waals surface area (Å²) in [5.74, 6) is 0.711. The first-order chi connectivity index (χ1) is 11.7. The summed E-state index contributed by atoms with van der Waals surface area (Å²) < 4.78 is 14.1. The molecule has 3 rings (SSSR count). The summed E-state index contributed by atoms with van der Waals surface area (Å²) in [7, 11) is 0. The maximum Gasteiger partial charge on any atom is 0.229 e. The third-order valence-electron chi connectivity index (χ3n) is 4.83. The van der Waals surface area contributed by atoms with Crippen LogP contribution in [0.3, 0.4) is 0 Å². The van der Waals surface area contributed by atoms with Gasteiger partial charge < -0.3 is 4.90 Å². The van der Waals surface area contributed by atoms with Gasteiger partial charge in [0.1, 0.15) is 5.82 Å². The Hall–Kier alpha value is -1.15. The Morgan fingerprint density at radius 1 is 1.29 bits per heavy atom. The lowest BCUT2D eigenvalue weighted by Gasteiger charge is -2.36. The van der Waals surface area contributed by atoms with E-state index in [1.54, 1.807) is 12.1 Å². The van der Waals surface area contributed by atoms with Gasteiger partial charge in [-0.25, -0.2) is 9.82 Å². The van der Waals surface area contributed by atoms with Crippen LogP contribution in [0.4, 0.5) is 4.39 Å². The van der Waals surface area contributed by atoms with Crippen LogP contribution >= 0.6 is 11.8 Å². The van der Waals surface area contributed by atoms with Gasteiger partial charge in [-0.1, -0.05) is 18.2 Å². The Morgan fingerprint density at radius 2 is 2.04 bits per heavy atom. The van der Waals surface area contributed by atoms with Crippen molar-refractivity contribution in [3.63, 3.8) is 0 Å². The van der Waals surface area contributed by atoms with Crippen molar-refractivity contribution in [3.8, 4) is 0 Å². The average Bonchev–Trinajstić information content (AvgIpc) is 3.09. The largest absolute Gasteiger partial charge is 0.340 e. The smallest absolute Gasteiger partial charge is 0.229 e.